The molecular formula is C18H25N3O3. The molecule has 130 valence electrons. The first-order chi connectivity index (χ1) is 11.8. The maximum absolute atomic E-state index is 12.1. The largest absolute Gasteiger partial charge is 0.382 e. The number of carbonyl (C=O) groups is 1. The Morgan fingerprint density at radius 1 is 1.46 bits per heavy atom. The van der Waals surface area contributed by atoms with Crippen molar-refractivity contribution < 1.29 is 14.3 Å². The molecule has 0 spiro atoms. The summed E-state index contributed by atoms with van der Waals surface area (Å²) in [5, 5.41) is 7.07. The average molecular weight is 331 g/mol. The summed E-state index contributed by atoms with van der Waals surface area (Å²) in [5.41, 5.74) is 2.33. The smallest absolute Gasteiger partial charge is 0.315 e. The molecule has 6 heteroatoms. The van der Waals surface area contributed by atoms with Crippen molar-refractivity contribution >= 4 is 16.9 Å². The molecule has 0 aliphatic carbocycles. The van der Waals surface area contributed by atoms with Crippen LogP contribution in [0.25, 0.3) is 10.9 Å². The van der Waals surface area contributed by atoms with Gasteiger partial charge in [-0.2, -0.15) is 0 Å². The molecule has 3 N–H and O–H groups in total. The van der Waals surface area contributed by atoms with Gasteiger partial charge in [-0.15, -0.1) is 0 Å². The summed E-state index contributed by atoms with van der Waals surface area (Å²) in [6.07, 6.45) is 4.78. The van der Waals surface area contributed by atoms with Crippen molar-refractivity contribution in [3.05, 3.63) is 36.0 Å². The first kappa shape index (κ1) is 16.8. The Bertz CT molecular complexity index is 664. The van der Waals surface area contributed by atoms with Gasteiger partial charge in [-0.25, -0.2) is 4.79 Å². The maximum atomic E-state index is 12.1. The van der Waals surface area contributed by atoms with Gasteiger partial charge in [0.05, 0.1) is 18.8 Å². The second-order valence-corrected chi connectivity index (χ2v) is 6.16. The fourth-order valence-corrected chi connectivity index (χ4v) is 3.14. The highest BCUT2D eigenvalue weighted by atomic mass is 16.5. The number of amides is 2. The van der Waals surface area contributed by atoms with Crippen LogP contribution in [0.3, 0.4) is 0 Å². The van der Waals surface area contributed by atoms with Gasteiger partial charge in [-0.05, 0) is 48.4 Å². The Labute approximate surface area is 141 Å². The normalized spacial score (nSPS) is 18.6. The molecule has 0 saturated carbocycles. The maximum Gasteiger partial charge on any atom is 0.315 e. The van der Waals surface area contributed by atoms with Crippen LogP contribution in [0.1, 0.15) is 18.4 Å². The average Bonchev–Trinajstić information content (AvgIpc) is 3.25. The number of nitrogens with one attached hydrogen (secondary N) is 3. The van der Waals surface area contributed by atoms with Crippen LogP contribution in [-0.2, 0) is 15.9 Å². The molecule has 3 rings (SSSR count). The number of hydrogen-bond donors (Lipinski definition) is 3. The number of aromatic amines is 1. The van der Waals surface area contributed by atoms with Gasteiger partial charge in [0, 0.05) is 32.0 Å². The fourth-order valence-electron chi connectivity index (χ4n) is 3.14. The van der Waals surface area contributed by atoms with E-state index in [2.05, 4.69) is 39.9 Å². The number of ether oxygens (including phenoxy) is 2. The third kappa shape index (κ3) is 4.27. The molecule has 1 aromatic carbocycles. The molecule has 1 fully saturated rings. The molecule has 2 aromatic rings. The number of fused-ring (bicyclic) bond motifs is 1. The molecule has 0 radical (unpaired) electrons. The molecule has 24 heavy (non-hydrogen) atoms. The summed E-state index contributed by atoms with van der Waals surface area (Å²) in [5.74, 6) is 0. The van der Waals surface area contributed by atoms with E-state index in [9.17, 15) is 4.79 Å². The molecule has 0 bridgehead atoms. The Hall–Kier alpha value is -2.05. The summed E-state index contributed by atoms with van der Waals surface area (Å²) in [4.78, 5) is 15.3. The van der Waals surface area contributed by atoms with Gasteiger partial charge in [0.2, 0.25) is 0 Å². The highest BCUT2D eigenvalue weighted by molar-refractivity contribution is 5.80. The summed E-state index contributed by atoms with van der Waals surface area (Å²) in [6, 6.07) is 8.07. The molecule has 1 saturated heterocycles. The summed E-state index contributed by atoms with van der Waals surface area (Å²) in [6.45, 7) is 1.81. The molecule has 1 aliphatic heterocycles. The highest BCUT2D eigenvalue weighted by Gasteiger charge is 2.27. The summed E-state index contributed by atoms with van der Waals surface area (Å²) in [7, 11) is 1.64. The zero-order valence-corrected chi connectivity index (χ0v) is 14.0. The molecule has 2 atom stereocenters. The van der Waals surface area contributed by atoms with Crippen LogP contribution in [0.4, 0.5) is 4.79 Å². The molecule has 1 aromatic heterocycles. The van der Waals surface area contributed by atoms with E-state index in [1.165, 1.54) is 10.9 Å². The number of benzene rings is 1. The first-order valence-electron chi connectivity index (χ1n) is 8.47. The lowest BCUT2D eigenvalue weighted by Crippen LogP contribution is -2.50. The summed E-state index contributed by atoms with van der Waals surface area (Å²) >= 11 is 0. The minimum atomic E-state index is -0.171. The van der Waals surface area contributed by atoms with Crippen molar-refractivity contribution in [2.24, 2.45) is 0 Å². The molecule has 1 aliphatic rings. The van der Waals surface area contributed by atoms with Gasteiger partial charge in [0.25, 0.3) is 0 Å². The van der Waals surface area contributed by atoms with Gasteiger partial charge < -0.3 is 25.1 Å². The number of carbonyl (C=O) groups excluding carboxylic acids is 1. The molecule has 2 amide bonds. The molecular weight excluding hydrogens is 306 g/mol. The van der Waals surface area contributed by atoms with Crippen molar-refractivity contribution in [1.82, 2.24) is 15.6 Å². The number of urea groups is 1. The van der Waals surface area contributed by atoms with E-state index in [-0.39, 0.29) is 18.2 Å². The molecule has 2 heterocycles. The molecule has 2 unspecified atom stereocenters. The Morgan fingerprint density at radius 3 is 3.17 bits per heavy atom. The lowest BCUT2D eigenvalue weighted by molar-refractivity contribution is 0.0470. The van der Waals surface area contributed by atoms with E-state index < -0.39 is 0 Å². The predicted molar refractivity (Wildman–Crippen MR) is 93.2 cm³/mol. The summed E-state index contributed by atoms with van der Waals surface area (Å²) < 4.78 is 10.8. The lowest BCUT2D eigenvalue weighted by Gasteiger charge is -2.23. The number of methoxy groups -OCH3 is 1. The van der Waals surface area contributed by atoms with Crippen LogP contribution in [0, 0.1) is 0 Å². The Kier molecular flexibility index (Phi) is 5.72. The SMILES string of the molecule is COCC(NC(=O)NCCc1ccc2[nH]ccc2c1)C1CCCO1. The standard InChI is InChI=1S/C18H25N3O3/c1-23-12-16(17-3-2-10-24-17)21-18(22)20-8-6-13-4-5-15-14(11-13)7-9-19-15/h4-5,7,9,11,16-17,19H,2-3,6,8,10,12H2,1H3,(H2,20,21,22). The minimum Gasteiger partial charge on any atom is -0.382 e. The number of rotatable bonds is 7. The second-order valence-electron chi connectivity index (χ2n) is 6.16. The van der Waals surface area contributed by atoms with Crippen LogP contribution in [0.2, 0.25) is 0 Å². The van der Waals surface area contributed by atoms with Crippen LogP contribution < -0.4 is 10.6 Å². The third-order valence-electron chi connectivity index (χ3n) is 4.39. The first-order valence-corrected chi connectivity index (χ1v) is 8.47. The zero-order chi connectivity index (χ0) is 16.8. The van der Waals surface area contributed by atoms with Gasteiger partial charge >= 0.3 is 6.03 Å². The third-order valence-corrected chi connectivity index (χ3v) is 4.39. The monoisotopic (exact) mass is 331 g/mol. The van der Waals surface area contributed by atoms with E-state index in [0.717, 1.165) is 31.4 Å². The lowest BCUT2D eigenvalue weighted by atomic mass is 10.1. The molecule has 6 nitrogen and oxygen atoms in total. The van der Waals surface area contributed by atoms with E-state index in [1.807, 2.05) is 6.20 Å². The topological polar surface area (TPSA) is 75.4 Å². The Morgan fingerprint density at radius 2 is 2.38 bits per heavy atom. The number of hydrogen-bond acceptors (Lipinski definition) is 3. The van der Waals surface area contributed by atoms with E-state index in [1.54, 1.807) is 7.11 Å². The van der Waals surface area contributed by atoms with Crippen molar-refractivity contribution in [1.29, 1.82) is 0 Å². The van der Waals surface area contributed by atoms with Crippen molar-refractivity contribution in [2.75, 3.05) is 26.9 Å². The van der Waals surface area contributed by atoms with Gasteiger partial charge in [-0.3, -0.25) is 0 Å². The van der Waals surface area contributed by atoms with Crippen LogP contribution >= 0.6 is 0 Å². The minimum absolute atomic E-state index is 0.0479. The van der Waals surface area contributed by atoms with E-state index in [4.69, 9.17) is 9.47 Å². The quantitative estimate of drug-likeness (QED) is 0.728. The van der Waals surface area contributed by atoms with Crippen LogP contribution in [0.15, 0.2) is 30.5 Å². The predicted octanol–water partition coefficient (Wildman–Crippen LogP) is 2.20. The fraction of sp³-hybridized carbons (Fsp3) is 0.500. The van der Waals surface area contributed by atoms with Gasteiger partial charge in [0.1, 0.15) is 0 Å². The van der Waals surface area contributed by atoms with E-state index >= 15 is 0 Å². The number of H-pyrrole nitrogens is 1. The van der Waals surface area contributed by atoms with Crippen molar-refractivity contribution in [2.45, 2.75) is 31.4 Å². The number of aromatic nitrogens is 1. The highest BCUT2D eigenvalue weighted by Crippen LogP contribution is 2.16. The second kappa shape index (κ2) is 8.17. The van der Waals surface area contributed by atoms with Gasteiger partial charge in [0.15, 0.2) is 0 Å². The van der Waals surface area contributed by atoms with Crippen molar-refractivity contribution in [3.8, 4) is 0 Å². The van der Waals surface area contributed by atoms with Gasteiger partial charge in [-0.1, -0.05) is 6.07 Å². The zero-order valence-electron chi connectivity index (χ0n) is 14.0. The van der Waals surface area contributed by atoms with Crippen molar-refractivity contribution in [3.63, 3.8) is 0 Å². The van der Waals surface area contributed by atoms with Crippen LogP contribution in [-0.4, -0.2) is 50.0 Å². The van der Waals surface area contributed by atoms with E-state index in [0.29, 0.717) is 13.2 Å². The van der Waals surface area contributed by atoms with Crippen LogP contribution in [0.5, 0.6) is 0 Å². The Balaban J connectivity index is 1.45.